The first kappa shape index (κ1) is 16.0. The topological polar surface area (TPSA) is 129 Å². The molecule has 1 aromatic carbocycles. The van der Waals surface area contributed by atoms with Crippen LogP contribution in [0.4, 0.5) is 26.1 Å². The number of rotatable bonds is 6. The molecular weight excluding hydrogens is 314 g/mol. The Morgan fingerprint density at radius 1 is 1.35 bits per heavy atom. The van der Waals surface area contributed by atoms with E-state index in [0.29, 0.717) is 5.56 Å². The predicted octanol–water partition coefficient (Wildman–Crippen LogP) is 2.01. The summed E-state index contributed by atoms with van der Waals surface area (Å²) in [7, 11) is 0. The SMILES string of the molecule is Nc1ncnc(N/N=C\c2ccc(OC(F)F)cc2)c1[N+](=O)[O-]. The highest BCUT2D eigenvalue weighted by Gasteiger charge is 2.20. The number of benzene rings is 1. The number of hydrogen-bond acceptors (Lipinski definition) is 8. The molecule has 0 aliphatic heterocycles. The first-order valence-corrected chi connectivity index (χ1v) is 6.06. The van der Waals surface area contributed by atoms with Crippen LogP contribution in [0.2, 0.25) is 0 Å². The molecule has 2 aromatic rings. The van der Waals surface area contributed by atoms with Crippen LogP contribution < -0.4 is 15.9 Å². The van der Waals surface area contributed by atoms with Crippen LogP contribution in [0.15, 0.2) is 35.7 Å². The number of alkyl halides is 2. The maximum atomic E-state index is 12.0. The predicted molar refractivity (Wildman–Crippen MR) is 77.4 cm³/mol. The lowest BCUT2D eigenvalue weighted by atomic mass is 10.2. The van der Waals surface area contributed by atoms with Gasteiger partial charge in [0.15, 0.2) is 0 Å². The summed E-state index contributed by atoms with van der Waals surface area (Å²) in [6, 6.07) is 5.62. The van der Waals surface area contributed by atoms with Crippen LogP contribution in [0.3, 0.4) is 0 Å². The van der Waals surface area contributed by atoms with Gasteiger partial charge in [-0.25, -0.2) is 9.97 Å². The smallest absolute Gasteiger partial charge is 0.387 e. The molecule has 0 saturated carbocycles. The largest absolute Gasteiger partial charge is 0.435 e. The van der Waals surface area contributed by atoms with Crippen molar-refractivity contribution in [2.75, 3.05) is 11.2 Å². The molecule has 3 N–H and O–H groups in total. The van der Waals surface area contributed by atoms with Gasteiger partial charge in [0.25, 0.3) is 0 Å². The van der Waals surface area contributed by atoms with Crippen molar-refractivity contribution in [3.8, 4) is 5.75 Å². The summed E-state index contributed by atoms with van der Waals surface area (Å²) >= 11 is 0. The van der Waals surface area contributed by atoms with E-state index in [4.69, 9.17) is 5.73 Å². The molecule has 0 spiro atoms. The Labute approximate surface area is 128 Å². The highest BCUT2D eigenvalue weighted by atomic mass is 19.3. The van der Waals surface area contributed by atoms with E-state index in [1.807, 2.05) is 0 Å². The van der Waals surface area contributed by atoms with Gasteiger partial charge in [-0.3, -0.25) is 15.5 Å². The third-order valence-corrected chi connectivity index (χ3v) is 2.52. The molecular formula is C12H10F2N6O3. The van der Waals surface area contributed by atoms with Gasteiger partial charge in [0, 0.05) is 0 Å². The fourth-order valence-corrected chi connectivity index (χ4v) is 1.56. The molecule has 0 atom stereocenters. The van der Waals surface area contributed by atoms with Crippen molar-refractivity contribution in [1.82, 2.24) is 9.97 Å². The lowest BCUT2D eigenvalue weighted by molar-refractivity contribution is -0.383. The molecule has 1 heterocycles. The van der Waals surface area contributed by atoms with Crippen molar-refractivity contribution in [1.29, 1.82) is 0 Å². The number of nitrogens with one attached hydrogen (secondary N) is 1. The van der Waals surface area contributed by atoms with Gasteiger partial charge in [-0.05, 0) is 29.8 Å². The van der Waals surface area contributed by atoms with Crippen molar-refractivity contribution in [3.05, 3.63) is 46.3 Å². The van der Waals surface area contributed by atoms with Crippen LogP contribution in [0.25, 0.3) is 0 Å². The van der Waals surface area contributed by atoms with Gasteiger partial charge >= 0.3 is 12.3 Å². The summed E-state index contributed by atoms with van der Waals surface area (Å²) in [5.41, 5.74) is 7.83. The minimum atomic E-state index is -2.90. The molecule has 0 saturated heterocycles. The summed E-state index contributed by atoms with van der Waals surface area (Å²) in [6.07, 6.45) is 2.37. The lowest BCUT2D eigenvalue weighted by Crippen LogP contribution is -2.04. The molecule has 0 bridgehead atoms. The Hall–Kier alpha value is -3.37. The van der Waals surface area contributed by atoms with Gasteiger partial charge in [-0.15, -0.1) is 0 Å². The van der Waals surface area contributed by atoms with Crippen LogP contribution >= 0.6 is 0 Å². The summed E-state index contributed by atoms with van der Waals surface area (Å²) in [6.45, 7) is -2.90. The number of halogens is 2. The Kier molecular flexibility index (Phi) is 4.92. The Morgan fingerprint density at radius 3 is 2.65 bits per heavy atom. The highest BCUT2D eigenvalue weighted by Crippen LogP contribution is 2.26. The quantitative estimate of drug-likeness (QED) is 0.472. The van der Waals surface area contributed by atoms with E-state index in [1.54, 1.807) is 0 Å². The molecule has 0 fully saturated rings. The zero-order valence-electron chi connectivity index (χ0n) is 11.4. The fraction of sp³-hybridized carbons (Fsp3) is 0.0833. The van der Waals surface area contributed by atoms with E-state index in [9.17, 15) is 18.9 Å². The van der Waals surface area contributed by atoms with E-state index < -0.39 is 17.2 Å². The molecule has 0 unspecified atom stereocenters. The number of aromatic nitrogens is 2. The summed E-state index contributed by atoms with van der Waals surface area (Å²) in [5, 5.41) is 14.7. The number of nitro groups is 1. The van der Waals surface area contributed by atoms with E-state index in [2.05, 4.69) is 25.2 Å². The van der Waals surface area contributed by atoms with Gasteiger partial charge in [0.05, 0.1) is 11.1 Å². The normalized spacial score (nSPS) is 10.9. The van der Waals surface area contributed by atoms with Crippen molar-refractivity contribution < 1.29 is 18.4 Å². The Balaban J connectivity index is 2.08. The van der Waals surface area contributed by atoms with E-state index in [1.165, 1.54) is 30.5 Å². The number of ether oxygens (including phenoxy) is 1. The fourth-order valence-electron chi connectivity index (χ4n) is 1.56. The second-order valence-electron chi connectivity index (χ2n) is 4.03. The van der Waals surface area contributed by atoms with Crippen molar-refractivity contribution in [3.63, 3.8) is 0 Å². The minimum Gasteiger partial charge on any atom is -0.435 e. The number of nitrogen functional groups attached to an aromatic ring is 1. The molecule has 0 amide bonds. The standard InChI is InChI=1S/C12H10F2N6O3/c13-12(14)23-8-3-1-7(2-4-8)5-18-19-11-9(20(21)22)10(15)16-6-17-11/h1-6,12H,(H3,15,16,17,19)/b18-5-. The lowest BCUT2D eigenvalue weighted by Gasteiger charge is -2.04. The molecule has 0 aliphatic rings. The molecule has 120 valence electrons. The van der Waals surface area contributed by atoms with Gasteiger partial charge in [0.1, 0.15) is 12.1 Å². The molecule has 2 rings (SSSR count). The monoisotopic (exact) mass is 324 g/mol. The maximum absolute atomic E-state index is 12.0. The summed E-state index contributed by atoms with van der Waals surface area (Å²) in [5.74, 6) is -0.461. The molecule has 0 aliphatic carbocycles. The average molecular weight is 324 g/mol. The van der Waals surface area contributed by atoms with Crippen LogP contribution in [-0.4, -0.2) is 27.7 Å². The Morgan fingerprint density at radius 2 is 2.04 bits per heavy atom. The van der Waals surface area contributed by atoms with Crippen LogP contribution in [0, 0.1) is 10.1 Å². The van der Waals surface area contributed by atoms with Crippen LogP contribution in [-0.2, 0) is 0 Å². The second kappa shape index (κ2) is 7.06. The average Bonchev–Trinajstić information content (AvgIpc) is 2.48. The van der Waals surface area contributed by atoms with Gasteiger partial charge < -0.3 is 10.5 Å². The number of hydrogen-bond donors (Lipinski definition) is 2. The zero-order valence-corrected chi connectivity index (χ0v) is 11.4. The van der Waals surface area contributed by atoms with Gasteiger partial charge in [0.2, 0.25) is 11.6 Å². The van der Waals surface area contributed by atoms with E-state index >= 15 is 0 Å². The van der Waals surface area contributed by atoms with Crippen molar-refractivity contribution >= 4 is 23.5 Å². The van der Waals surface area contributed by atoms with E-state index in [0.717, 1.165) is 6.33 Å². The molecule has 23 heavy (non-hydrogen) atoms. The molecule has 11 heteroatoms. The molecule has 9 nitrogen and oxygen atoms in total. The summed E-state index contributed by atoms with van der Waals surface area (Å²) in [4.78, 5) is 17.3. The third kappa shape index (κ3) is 4.30. The van der Waals surface area contributed by atoms with Gasteiger partial charge in [-0.2, -0.15) is 13.9 Å². The highest BCUT2D eigenvalue weighted by molar-refractivity contribution is 5.80. The van der Waals surface area contributed by atoms with E-state index in [-0.39, 0.29) is 17.4 Å². The minimum absolute atomic E-state index is 0.00400. The van der Waals surface area contributed by atoms with Crippen molar-refractivity contribution in [2.24, 2.45) is 5.10 Å². The van der Waals surface area contributed by atoms with Crippen LogP contribution in [0.5, 0.6) is 5.75 Å². The maximum Gasteiger partial charge on any atom is 0.387 e. The second-order valence-corrected chi connectivity index (χ2v) is 4.03. The summed E-state index contributed by atoms with van der Waals surface area (Å²) < 4.78 is 28.2. The molecule has 1 aromatic heterocycles. The number of anilines is 2. The van der Waals surface area contributed by atoms with Gasteiger partial charge in [-0.1, -0.05) is 0 Å². The first-order valence-electron chi connectivity index (χ1n) is 6.06. The first-order chi connectivity index (χ1) is 11.0. The number of nitrogens with two attached hydrogens (primary N) is 1. The third-order valence-electron chi connectivity index (χ3n) is 2.52. The van der Waals surface area contributed by atoms with Crippen LogP contribution in [0.1, 0.15) is 5.56 Å². The zero-order chi connectivity index (χ0) is 16.8. The van der Waals surface area contributed by atoms with Crippen molar-refractivity contribution in [2.45, 2.75) is 6.61 Å². The number of nitrogens with zero attached hydrogens (tertiary/aromatic N) is 4. The Bertz CT molecular complexity index is 723. The molecule has 0 radical (unpaired) electrons. The number of hydrazone groups is 1.